The summed E-state index contributed by atoms with van der Waals surface area (Å²) in [6, 6.07) is 21.2. The van der Waals surface area contributed by atoms with Crippen molar-refractivity contribution < 1.29 is 18.7 Å². The number of ether oxygens (including phenoxy) is 1. The molecule has 0 aliphatic rings. The molecule has 0 heterocycles. The van der Waals surface area contributed by atoms with E-state index in [9.17, 15) is 14.0 Å². The molecule has 3 aromatic rings. The van der Waals surface area contributed by atoms with Crippen LogP contribution >= 0.6 is 0 Å². The minimum absolute atomic E-state index is 0.210. The number of benzene rings is 3. The summed E-state index contributed by atoms with van der Waals surface area (Å²) >= 11 is 0. The second-order valence-electron chi connectivity index (χ2n) is 5.69. The molecule has 3 aromatic carbocycles. The fourth-order valence-corrected chi connectivity index (χ4v) is 2.34. The Labute approximate surface area is 155 Å². The van der Waals surface area contributed by atoms with E-state index in [4.69, 9.17) is 4.74 Å². The number of nitrogens with one attached hydrogen (secondary N) is 2. The van der Waals surface area contributed by atoms with Crippen LogP contribution in [0.1, 0.15) is 10.4 Å². The van der Waals surface area contributed by atoms with Crippen molar-refractivity contribution in [2.45, 2.75) is 0 Å². The SMILES string of the molecule is O=C(COc1ccc(NC(=O)c2ccccc2)cc1)Nc1cccc(F)c1. The number of halogens is 1. The second-order valence-corrected chi connectivity index (χ2v) is 5.69. The summed E-state index contributed by atoms with van der Waals surface area (Å²) in [7, 11) is 0. The Balaban J connectivity index is 1.50. The predicted molar refractivity (Wildman–Crippen MR) is 101 cm³/mol. The number of hydrogen-bond acceptors (Lipinski definition) is 3. The van der Waals surface area contributed by atoms with E-state index >= 15 is 0 Å². The van der Waals surface area contributed by atoms with Gasteiger partial charge in [0.15, 0.2) is 6.61 Å². The summed E-state index contributed by atoms with van der Waals surface area (Å²) < 4.78 is 18.5. The molecule has 0 aliphatic heterocycles. The lowest BCUT2D eigenvalue weighted by atomic mass is 10.2. The van der Waals surface area contributed by atoms with Gasteiger partial charge in [0.1, 0.15) is 11.6 Å². The fourth-order valence-electron chi connectivity index (χ4n) is 2.34. The first-order valence-electron chi connectivity index (χ1n) is 8.25. The molecule has 0 aliphatic carbocycles. The molecule has 27 heavy (non-hydrogen) atoms. The fraction of sp³-hybridized carbons (Fsp3) is 0.0476. The van der Waals surface area contributed by atoms with E-state index in [0.29, 0.717) is 22.7 Å². The van der Waals surface area contributed by atoms with Gasteiger partial charge in [0.25, 0.3) is 11.8 Å². The third-order valence-corrected chi connectivity index (χ3v) is 3.63. The van der Waals surface area contributed by atoms with E-state index < -0.39 is 11.7 Å². The van der Waals surface area contributed by atoms with Gasteiger partial charge in [-0.15, -0.1) is 0 Å². The van der Waals surface area contributed by atoms with Crippen molar-refractivity contribution in [2.75, 3.05) is 17.2 Å². The Morgan fingerprint density at radius 2 is 1.56 bits per heavy atom. The lowest BCUT2D eigenvalue weighted by molar-refractivity contribution is -0.118. The Bertz CT molecular complexity index is 928. The van der Waals surface area contributed by atoms with Gasteiger partial charge in [-0.3, -0.25) is 9.59 Å². The zero-order chi connectivity index (χ0) is 19.1. The molecule has 0 atom stereocenters. The van der Waals surface area contributed by atoms with Gasteiger partial charge in [0.05, 0.1) is 0 Å². The van der Waals surface area contributed by atoms with Crippen LogP contribution in [0.4, 0.5) is 15.8 Å². The van der Waals surface area contributed by atoms with Crippen molar-refractivity contribution in [3.05, 3.63) is 90.2 Å². The second kappa shape index (κ2) is 8.62. The van der Waals surface area contributed by atoms with Gasteiger partial charge in [-0.05, 0) is 54.6 Å². The number of rotatable bonds is 6. The molecule has 0 radical (unpaired) electrons. The van der Waals surface area contributed by atoms with E-state index in [-0.39, 0.29) is 12.5 Å². The molecular formula is C21H17FN2O3. The summed E-state index contributed by atoms with van der Waals surface area (Å²) in [5.74, 6) is -0.565. The molecule has 0 saturated heterocycles. The van der Waals surface area contributed by atoms with Crippen LogP contribution in [0.15, 0.2) is 78.9 Å². The lowest BCUT2D eigenvalue weighted by Gasteiger charge is -2.09. The third-order valence-electron chi connectivity index (χ3n) is 3.63. The highest BCUT2D eigenvalue weighted by Gasteiger charge is 2.07. The van der Waals surface area contributed by atoms with E-state index in [2.05, 4.69) is 10.6 Å². The highest BCUT2D eigenvalue weighted by molar-refractivity contribution is 6.04. The van der Waals surface area contributed by atoms with Crippen molar-refractivity contribution in [1.29, 1.82) is 0 Å². The molecular weight excluding hydrogens is 347 g/mol. The van der Waals surface area contributed by atoms with E-state index in [1.165, 1.54) is 18.2 Å². The molecule has 0 fully saturated rings. The molecule has 0 saturated carbocycles. The van der Waals surface area contributed by atoms with Crippen molar-refractivity contribution in [1.82, 2.24) is 0 Å². The minimum atomic E-state index is -0.429. The summed E-state index contributed by atoms with van der Waals surface area (Å²) in [6.07, 6.45) is 0. The summed E-state index contributed by atoms with van der Waals surface area (Å²) in [5.41, 5.74) is 1.54. The normalized spacial score (nSPS) is 10.1. The van der Waals surface area contributed by atoms with E-state index in [1.807, 2.05) is 6.07 Å². The van der Waals surface area contributed by atoms with Gasteiger partial charge in [-0.2, -0.15) is 0 Å². The van der Waals surface area contributed by atoms with Crippen LogP contribution in [0.5, 0.6) is 5.75 Å². The van der Waals surface area contributed by atoms with Gasteiger partial charge in [-0.1, -0.05) is 24.3 Å². The average molecular weight is 364 g/mol. The molecule has 6 heteroatoms. The highest BCUT2D eigenvalue weighted by atomic mass is 19.1. The Hall–Kier alpha value is -3.67. The molecule has 0 spiro atoms. The van der Waals surface area contributed by atoms with Crippen LogP contribution < -0.4 is 15.4 Å². The Morgan fingerprint density at radius 3 is 2.26 bits per heavy atom. The van der Waals surface area contributed by atoms with E-state index in [1.54, 1.807) is 54.6 Å². The van der Waals surface area contributed by atoms with Gasteiger partial charge < -0.3 is 15.4 Å². The predicted octanol–water partition coefficient (Wildman–Crippen LogP) is 4.10. The van der Waals surface area contributed by atoms with Crippen LogP contribution in [-0.4, -0.2) is 18.4 Å². The molecule has 0 aromatic heterocycles. The first-order valence-corrected chi connectivity index (χ1v) is 8.25. The zero-order valence-electron chi connectivity index (χ0n) is 14.3. The maximum Gasteiger partial charge on any atom is 0.262 e. The molecule has 0 unspecified atom stereocenters. The van der Waals surface area contributed by atoms with Crippen LogP contribution in [0, 0.1) is 5.82 Å². The Morgan fingerprint density at radius 1 is 0.815 bits per heavy atom. The monoisotopic (exact) mass is 364 g/mol. The number of carbonyl (C=O) groups is 2. The smallest absolute Gasteiger partial charge is 0.262 e. The quantitative estimate of drug-likeness (QED) is 0.692. The molecule has 2 N–H and O–H groups in total. The number of hydrogen-bond donors (Lipinski definition) is 2. The van der Waals surface area contributed by atoms with Crippen LogP contribution in [0.25, 0.3) is 0 Å². The maximum atomic E-state index is 13.1. The Kier molecular flexibility index (Phi) is 5.79. The van der Waals surface area contributed by atoms with Crippen LogP contribution in [-0.2, 0) is 4.79 Å². The summed E-state index contributed by atoms with van der Waals surface area (Å²) in [5, 5.41) is 5.33. The van der Waals surface area contributed by atoms with Crippen molar-refractivity contribution >= 4 is 23.2 Å². The van der Waals surface area contributed by atoms with Crippen molar-refractivity contribution in [3.8, 4) is 5.75 Å². The standard InChI is InChI=1S/C21H17FN2O3/c22-16-7-4-8-18(13-16)23-20(25)14-27-19-11-9-17(10-12-19)24-21(26)15-5-2-1-3-6-15/h1-13H,14H2,(H,23,25)(H,24,26). The average Bonchev–Trinajstić information content (AvgIpc) is 2.68. The van der Waals surface area contributed by atoms with Crippen molar-refractivity contribution in [2.24, 2.45) is 0 Å². The first kappa shape index (κ1) is 18.1. The van der Waals surface area contributed by atoms with Crippen LogP contribution in [0.3, 0.4) is 0 Å². The highest BCUT2D eigenvalue weighted by Crippen LogP contribution is 2.17. The molecule has 5 nitrogen and oxygen atoms in total. The lowest BCUT2D eigenvalue weighted by Crippen LogP contribution is -2.20. The first-order chi connectivity index (χ1) is 13.1. The molecule has 0 bridgehead atoms. The number of amides is 2. The van der Waals surface area contributed by atoms with Crippen molar-refractivity contribution in [3.63, 3.8) is 0 Å². The third kappa shape index (κ3) is 5.40. The number of carbonyl (C=O) groups excluding carboxylic acids is 2. The van der Waals surface area contributed by atoms with Gasteiger partial charge >= 0.3 is 0 Å². The zero-order valence-corrected chi connectivity index (χ0v) is 14.3. The topological polar surface area (TPSA) is 67.4 Å². The van der Waals surface area contributed by atoms with Gasteiger partial charge in [0.2, 0.25) is 0 Å². The molecule has 3 rings (SSSR count). The largest absolute Gasteiger partial charge is 0.484 e. The van der Waals surface area contributed by atoms with E-state index in [0.717, 1.165) is 0 Å². The molecule has 136 valence electrons. The summed E-state index contributed by atoms with van der Waals surface area (Å²) in [4.78, 5) is 23.9. The number of anilines is 2. The maximum absolute atomic E-state index is 13.1. The van der Waals surface area contributed by atoms with Gasteiger partial charge in [-0.25, -0.2) is 4.39 Å². The van der Waals surface area contributed by atoms with Crippen LogP contribution in [0.2, 0.25) is 0 Å². The molecule has 2 amide bonds. The van der Waals surface area contributed by atoms with Gasteiger partial charge in [0, 0.05) is 16.9 Å². The minimum Gasteiger partial charge on any atom is -0.484 e. The summed E-state index contributed by atoms with van der Waals surface area (Å²) in [6.45, 7) is -0.216.